The fourth-order valence-corrected chi connectivity index (χ4v) is 6.51. The SMILES string of the molecule is CCCc1cc(C)c(OCC)cc1CN1CCC2(CC1)CN(C1CCC(C)(C(=O)OCC)CC1)C(=O)N2. The third kappa shape index (κ3) is 6.08. The molecule has 37 heavy (non-hydrogen) atoms. The number of carbonyl (C=O) groups excluding carboxylic acids is 2. The van der Waals surface area contributed by atoms with Crippen molar-refractivity contribution in [2.24, 2.45) is 5.41 Å². The maximum Gasteiger partial charge on any atom is 0.318 e. The molecule has 7 nitrogen and oxygen atoms in total. The van der Waals surface area contributed by atoms with Crippen molar-refractivity contribution in [3.63, 3.8) is 0 Å². The average Bonchev–Trinajstić information content (AvgIpc) is 3.19. The van der Waals surface area contributed by atoms with Crippen molar-refractivity contribution in [3.05, 3.63) is 28.8 Å². The molecule has 2 amide bonds. The second kappa shape index (κ2) is 11.6. The van der Waals surface area contributed by atoms with Crippen molar-refractivity contribution >= 4 is 12.0 Å². The highest BCUT2D eigenvalue weighted by molar-refractivity contribution is 5.79. The van der Waals surface area contributed by atoms with Crippen molar-refractivity contribution in [1.29, 1.82) is 0 Å². The number of carbonyl (C=O) groups is 2. The number of urea groups is 1. The van der Waals surface area contributed by atoms with Gasteiger partial charge in [-0.3, -0.25) is 9.69 Å². The number of nitrogens with one attached hydrogen (secondary N) is 1. The van der Waals surface area contributed by atoms with Crippen LogP contribution in [0.15, 0.2) is 12.1 Å². The van der Waals surface area contributed by atoms with Crippen LogP contribution in [0.4, 0.5) is 4.79 Å². The van der Waals surface area contributed by atoms with Crippen LogP contribution in [-0.4, -0.2) is 66.2 Å². The first-order chi connectivity index (χ1) is 17.7. The summed E-state index contributed by atoms with van der Waals surface area (Å²) >= 11 is 0. The average molecular weight is 514 g/mol. The molecule has 0 atom stereocenters. The van der Waals surface area contributed by atoms with Crippen LogP contribution < -0.4 is 10.1 Å². The van der Waals surface area contributed by atoms with Crippen LogP contribution in [-0.2, 0) is 22.5 Å². The molecule has 1 saturated carbocycles. The van der Waals surface area contributed by atoms with Crippen molar-refractivity contribution in [3.8, 4) is 5.75 Å². The summed E-state index contributed by atoms with van der Waals surface area (Å²) < 4.78 is 11.2. The molecule has 1 aromatic rings. The first kappa shape index (κ1) is 27.7. The molecule has 1 spiro atoms. The van der Waals surface area contributed by atoms with Gasteiger partial charge in [-0.15, -0.1) is 0 Å². The number of likely N-dealkylation sites (tertiary alicyclic amines) is 1. The maximum atomic E-state index is 13.1. The van der Waals surface area contributed by atoms with Gasteiger partial charge in [-0.1, -0.05) is 19.4 Å². The molecule has 4 rings (SSSR count). The number of ether oxygens (including phenoxy) is 2. The fraction of sp³-hybridized carbons (Fsp3) is 0.733. The van der Waals surface area contributed by atoms with Crippen molar-refractivity contribution < 1.29 is 19.1 Å². The van der Waals surface area contributed by atoms with E-state index in [2.05, 4.69) is 41.1 Å². The van der Waals surface area contributed by atoms with Gasteiger partial charge in [0.1, 0.15) is 5.75 Å². The minimum absolute atomic E-state index is 0.0725. The van der Waals surface area contributed by atoms with Gasteiger partial charge < -0.3 is 19.7 Å². The fourth-order valence-electron chi connectivity index (χ4n) is 6.51. The highest BCUT2D eigenvalue weighted by Gasteiger charge is 2.48. The van der Waals surface area contributed by atoms with Crippen LogP contribution in [0, 0.1) is 12.3 Å². The van der Waals surface area contributed by atoms with Crippen LogP contribution in [0.1, 0.15) is 89.3 Å². The standard InChI is InChI=1S/C30H47N3O4/c1-6-9-23-18-22(4)26(36-7-2)19-24(23)20-32-16-14-30(15-17-32)21-33(28(35)31-30)25-10-12-29(5,13-11-25)27(34)37-8-3/h18-19,25H,6-17,20-21H2,1-5H3,(H,31,35). The van der Waals surface area contributed by atoms with Crippen LogP contribution in [0.25, 0.3) is 0 Å². The normalized spacial score (nSPS) is 25.8. The first-order valence-electron chi connectivity index (χ1n) is 14.5. The van der Waals surface area contributed by atoms with Gasteiger partial charge in [-0.2, -0.15) is 0 Å². The van der Waals surface area contributed by atoms with Gasteiger partial charge in [0.05, 0.1) is 24.2 Å². The van der Waals surface area contributed by atoms with Crippen LogP contribution in [0.5, 0.6) is 5.75 Å². The Labute approximate surface area is 223 Å². The molecule has 1 N–H and O–H groups in total. The van der Waals surface area contributed by atoms with E-state index in [1.165, 1.54) is 16.7 Å². The summed E-state index contributed by atoms with van der Waals surface area (Å²) in [6.07, 6.45) is 7.43. The summed E-state index contributed by atoms with van der Waals surface area (Å²) in [5.74, 6) is 0.906. The van der Waals surface area contributed by atoms with Crippen LogP contribution >= 0.6 is 0 Å². The molecule has 7 heteroatoms. The summed E-state index contributed by atoms with van der Waals surface area (Å²) in [6, 6.07) is 4.84. The predicted octanol–water partition coefficient (Wildman–Crippen LogP) is 5.22. The maximum absolute atomic E-state index is 13.1. The number of hydrogen-bond donors (Lipinski definition) is 1. The van der Waals surface area contributed by atoms with E-state index in [-0.39, 0.29) is 23.6 Å². The van der Waals surface area contributed by atoms with Gasteiger partial charge in [0, 0.05) is 32.2 Å². The van der Waals surface area contributed by atoms with E-state index in [0.717, 1.165) is 83.3 Å². The molecule has 3 aliphatic rings. The van der Waals surface area contributed by atoms with Gasteiger partial charge in [-0.25, -0.2) is 4.79 Å². The Morgan fingerprint density at radius 1 is 1.05 bits per heavy atom. The zero-order valence-electron chi connectivity index (χ0n) is 23.7. The summed E-state index contributed by atoms with van der Waals surface area (Å²) in [7, 11) is 0. The van der Waals surface area contributed by atoms with E-state index in [0.29, 0.717) is 13.2 Å². The number of aryl methyl sites for hydroxylation is 2. The molecule has 3 fully saturated rings. The second-order valence-electron chi connectivity index (χ2n) is 11.7. The van der Waals surface area contributed by atoms with Crippen molar-refractivity contribution in [2.75, 3.05) is 32.8 Å². The molecule has 0 unspecified atom stereocenters. The largest absolute Gasteiger partial charge is 0.494 e. The molecule has 1 aliphatic carbocycles. The summed E-state index contributed by atoms with van der Waals surface area (Å²) in [4.78, 5) is 30.1. The zero-order chi connectivity index (χ0) is 26.6. The summed E-state index contributed by atoms with van der Waals surface area (Å²) in [5, 5.41) is 3.38. The molecule has 2 saturated heterocycles. The third-order valence-corrected chi connectivity index (χ3v) is 8.90. The van der Waals surface area contributed by atoms with Crippen molar-refractivity contribution in [1.82, 2.24) is 15.1 Å². The number of benzene rings is 1. The Balaban J connectivity index is 1.34. The minimum Gasteiger partial charge on any atom is -0.494 e. The van der Waals surface area contributed by atoms with Gasteiger partial charge in [0.25, 0.3) is 0 Å². The molecule has 2 aliphatic heterocycles. The quantitative estimate of drug-likeness (QED) is 0.459. The van der Waals surface area contributed by atoms with E-state index in [1.807, 2.05) is 20.8 Å². The van der Waals surface area contributed by atoms with E-state index in [1.54, 1.807) is 0 Å². The lowest BCUT2D eigenvalue weighted by Gasteiger charge is -2.41. The molecular weight excluding hydrogens is 466 g/mol. The predicted molar refractivity (Wildman–Crippen MR) is 146 cm³/mol. The lowest BCUT2D eigenvalue weighted by Crippen LogP contribution is -2.52. The van der Waals surface area contributed by atoms with Crippen LogP contribution in [0.2, 0.25) is 0 Å². The van der Waals surface area contributed by atoms with E-state index < -0.39 is 5.41 Å². The van der Waals surface area contributed by atoms with Gasteiger partial charge in [0.15, 0.2) is 0 Å². The first-order valence-corrected chi connectivity index (χ1v) is 14.5. The highest BCUT2D eigenvalue weighted by atomic mass is 16.5. The molecule has 0 bridgehead atoms. The number of rotatable bonds is 9. The topological polar surface area (TPSA) is 71.1 Å². The van der Waals surface area contributed by atoms with Crippen molar-refractivity contribution in [2.45, 2.75) is 104 Å². The Morgan fingerprint density at radius 2 is 1.76 bits per heavy atom. The van der Waals surface area contributed by atoms with E-state index in [4.69, 9.17) is 9.47 Å². The summed E-state index contributed by atoms with van der Waals surface area (Å²) in [5.41, 5.74) is 3.46. The monoisotopic (exact) mass is 513 g/mol. The second-order valence-corrected chi connectivity index (χ2v) is 11.7. The Morgan fingerprint density at radius 3 is 2.38 bits per heavy atom. The Hall–Kier alpha value is -2.28. The third-order valence-electron chi connectivity index (χ3n) is 8.90. The van der Waals surface area contributed by atoms with E-state index in [9.17, 15) is 9.59 Å². The lowest BCUT2D eigenvalue weighted by molar-refractivity contribution is -0.156. The molecule has 0 radical (unpaired) electrons. The number of nitrogens with zero attached hydrogens (tertiary/aromatic N) is 2. The number of piperidine rings is 1. The molecule has 1 aromatic carbocycles. The lowest BCUT2D eigenvalue weighted by atomic mass is 9.73. The molecule has 206 valence electrons. The zero-order valence-corrected chi connectivity index (χ0v) is 23.7. The number of esters is 1. The Kier molecular flexibility index (Phi) is 8.72. The molecular formula is C30H47N3O4. The molecule has 2 heterocycles. The highest BCUT2D eigenvalue weighted by Crippen LogP contribution is 2.41. The number of amides is 2. The smallest absolute Gasteiger partial charge is 0.318 e. The summed E-state index contributed by atoms with van der Waals surface area (Å²) in [6.45, 7) is 15.0. The molecule has 0 aromatic heterocycles. The van der Waals surface area contributed by atoms with Gasteiger partial charge in [-0.05, 0) is 95.4 Å². The van der Waals surface area contributed by atoms with E-state index >= 15 is 0 Å². The van der Waals surface area contributed by atoms with Crippen LogP contribution in [0.3, 0.4) is 0 Å². The number of hydrogen-bond acceptors (Lipinski definition) is 5. The minimum atomic E-state index is -0.416. The van der Waals surface area contributed by atoms with Gasteiger partial charge in [0.2, 0.25) is 0 Å². The van der Waals surface area contributed by atoms with Gasteiger partial charge >= 0.3 is 12.0 Å². The Bertz CT molecular complexity index is 962.